The molecule has 0 radical (unpaired) electrons. The van der Waals surface area contributed by atoms with Crippen LogP contribution in [0.4, 0.5) is 0 Å². The molecule has 3 aromatic rings. The Morgan fingerprint density at radius 1 is 0.905 bits per heavy atom. The number of hydrogen-bond donors (Lipinski definition) is 0. The van der Waals surface area contributed by atoms with Gasteiger partial charge >= 0.3 is 0 Å². The molecule has 1 aromatic heterocycles. The number of rotatable bonds is 3. The highest BCUT2D eigenvalue weighted by molar-refractivity contribution is 5.86. The molecule has 2 heteroatoms. The van der Waals surface area contributed by atoms with Crippen molar-refractivity contribution in [3.05, 3.63) is 72.4 Å². The lowest BCUT2D eigenvalue weighted by atomic mass is 9.95. The monoisotopic (exact) mass is 275 g/mol. The Morgan fingerprint density at radius 2 is 1.76 bits per heavy atom. The second-order valence-electron chi connectivity index (χ2n) is 4.97. The summed E-state index contributed by atoms with van der Waals surface area (Å²) in [6.45, 7) is 2.10. The van der Waals surface area contributed by atoms with Crippen molar-refractivity contribution in [1.29, 1.82) is 0 Å². The van der Waals surface area contributed by atoms with Gasteiger partial charge in [-0.1, -0.05) is 48.0 Å². The molecule has 2 nitrogen and oxygen atoms in total. The lowest BCUT2D eigenvalue weighted by molar-refractivity contribution is 0.416. The van der Waals surface area contributed by atoms with Crippen molar-refractivity contribution in [2.75, 3.05) is 7.11 Å². The third kappa shape index (κ3) is 2.65. The number of hydrogen-bond acceptors (Lipinski definition) is 2. The molecule has 104 valence electrons. The molecule has 0 spiro atoms. The second-order valence-corrected chi connectivity index (χ2v) is 4.97. The van der Waals surface area contributed by atoms with Gasteiger partial charge in [-0.2, -0.15) is 0 Å². The van der Waals surface area contributed by atoms with Crippen LogP contribution >= 0.6 is 0 Å². The van der Waals surface area contributed by atoms with E-state index in [0.29, 0.717) is 0 Å². The Morgan fingerprint density at radius 3 is 2.48 bits per heavy atom. The predicted molar refractivity (Wildman–Crippen MR) is 86.4 cm³/mol. The zero-order valence-corrected chi connectivity index (χ0v) is 12.2. The Labute approximate surface area is 125 Å². The number of pyridine rings is 1. The van der Waals surface area contributed by atoms with E-state index >= 15 is 0 Å². The zero-order chi connectivity index (χ0) is 14.7. The molecule has 0 fully saturated rings. The van der Waals surface area contributed by atoms with Crippen molar-refractivity contribution in [2.24, 2.45) is 0 Å². The van der Waals surface area contributed by atoms with Crippen molar-refractivity contribution in [2.45, 2.75) is 6.92 Å². The van der Waals surface area contributed by atoms with Gasteiger partial charge in [0.2, 0.25) is 0 Å². The van der Waals surface area contributed by atoms with Crippen LogP contribution in [0.2, 0.25) is 0 Å². The predicted octanol–water partition coefficient (Wildman–Crippen LogP) is 4.73. The van der Waals surface area contributed by atoms with Crippen LogP contribution in [0.1, 0.15) is 5.56 Å². The highest BCUT2D eigenvalue weighted by Gasteiger charge is 2.13. The first-order chi connectivity index (χ1) is 10.3. The van der Waals surface area contributed by atoms with Crippen LogP contribution in [-0.2, 0) is 0 Å². The van der Waals surface area contributed by atoms with Gasteiger partial charge in [0, 0.05) is 17.3 Å². The lowest BCUT2D eigenvalue weighted by Gasteiger charge is -2.14. The number of ether oxygens (including phenoxy) is 1. The molecule has 3 rings (SSSR count). The molecule has 0 amide bonds. The Balaban J connectivity index is 2.27. The van der Waals surface area contributed by atoms with E-state index in [9.17, 15) is 0 Å². The molecule has 0 aliphatic heterocycles. The summed E-state index contributed by atoms with van der Waals surface area (Å²) in [5.41, 5.74) is 5.49. The fraction of sp³-hybridized carbons (Fsp3) is 0.105. The van der Waals surface area contributed by atoms with E-state index in [1.165, 1.54) is 5.56 Å². The highest BCUT2D eigenvalue weighted by Crippen LogP contribution is 2.38. The number of aromatic nitrogens is 1. The van der Waals surface area contributed by atoms with Crippen LogP contribution in [0.3, 0.4) is 0 Å². The molecule has 0 aliphatic carbocycles. The molecule has 0 atom stereocenters. The standard InChI is InChI=1S/C19H17NO/c1-14-7-5-8-15(13-14)19-16(9-6-11-18(19)21-2)17-10-3-4-12-20-17/h3-13H,1-2H3. The van der Waals surface area contributed by atoms with Gasteiger partial charge in [0.05, 0.1) is 12.8 Å². The summed E-state index contributed by atoms with van der Waals surface area (Å²) in [4.78, 5) is 4.48. The molecule has 0 saturated carbocycles. The van der Waals surface area contributed by atoms with Crippen LogP contribution in [0.5, 0.6) is 5.75 Å². The molecule has 0 aliphatic rings. The first-order valence-electron chi connectivity index (χ1n) is 6.95. The summed E-state index contributed by atoms with van der Waals surface area (Å²) < 4.78 is 5.57. The minimum atomic E-state index is 0.865. The topological polar surface area (TPSA) is 22.1 Å². The Bertz CT molecular complexity index is 751. The van der Waals surface area contributed by atoms with E-state index in [4.69, 9.17) is 4.74 Å². The molecule has 0 saturated heterocycles. The quantitative estimate of drug-likeness (QED) is 0.689. The maximum Gasteiger partial charge on any atom is 0.127 e. The minimum absolute atomic E-state index is 0.865. The van der Waals surface area contributed by atoms with Crippen LogP contribution < -0.4 is 4.74 Å². The number of aryl methyl sites for hydroxylation is 1. The smallest absolute Gasteiger partial charge is 0.127 e. The molecule has 1 heterocycles. The summed E-state index contributed by atoms with van der Waals surface area (Å²) >= 11 is 0. The average Bonchev–Trinajstić information content (AvgIpc) is 2.55. The Hall–Kier alpha value is -2.61. The summed E-state index contributed by atoms with van der Waals surface area (Å²) in [7, 11) is 1.71. The summed E-state index contributed by atoms with van der Waals surface area (Å²) in [6, 6.07) is 20.5. The van der Waals surface area contributed by atoms with Gasteiger partial charge in [0.1, 0.15) is 5.75 Å². The Kier molecular flexibility index (Phi) is 3.69. The number of benzene rings is 2. The van der Waals surface area contributed by atoms with Crippen LogP contribution in [0, 0.1) is 6.92 Å². The van der Waals surface area contributed by atoms with E-state index < -0.39 is 0 Å². The first-order valence-corrected chi connectivity index (χ1v) is 6.95. The summed E-state index contributed by atoms with van der Waals surface area (Å²) in [5, 5.41) is 0. The first kappa shape index (κ1) is 13.4. The normalized spacial score (nSPS) is 10.4. The molecule has 0 N–H and O–H groups in total. The maximum atomic E-state index is 5.57. The van der Waals surface area contributed by atoms with Crippen molar-refractivity contribution in [3.8, 4) is 28.1 Å². The van der Waals surface area contributed by atoms with E-state index in [1.807, 2.05) is 36.5 Å². The van der Waals surface area contributed by atoms with Crippen molar-refractivity contribution in [3.63, 3.8) is 0 Å². The van der Waals surface area contributed by atoms with Crippen LogP contribution in [0.15, 0.2) is 66.9 Å². The van der Waals surface area contributed by atoms with E-state index in [1.54, 1.807) is 7.11 Å². The maximum absolute atomic E-state index is 5.57. The molecule has 0 bridgehead atoms. The van der Waals surface area contributed by atoms with Gasteiger partial charge < -0.3 is 4.74 Å². The van der Waals surface area contributed by atoms with Gasteiger partial charge in [0.25, 0.3) is 0 Å². The molecular weight excluding hydrogens is 258 g/mol. The van der Waals surface area contributed by atoms with Gasteiger partial charge in [-0.25, -0.2) is 0 Å². The van der Waals surface area contributed by atoms with E-state index in [-0.39, 0.29) is 0 Å². The minimum Gasteiger partial charge on any atom is -0.496 e. The highest BCUT2D eigenvalue weighted by atomic mass is 16.5. The SMILES string of the molecule is COc1cccc(-c2ccccn2)c1-c1cccc(C)c1. The van der Waals surface area contributed by atoms with Crippen molar-refractivity contribution >= 4 is 0 Å². The van der Waals surface area contributed by atoms with Crippen molar-refractivity contribution in [1.82, 2.24) is 4.98 Å². The molecule has 2 aromatic carbocycles. The molecule has 21 heavy (non-hydrogen) atoms. The van der Waals surface area contributed by atoms with Crippen LogP contribution in [0.25, 0.3) is 22.4 Å². The number of nitrogens with zero attached hydrogens (tertiary/aromatic N) is 1. The second kappa shape index (κ2) is 5.80. The van der Waals surface area contributed by atoms with Gasteiger partial charge in [0.15, 0.2) is 0 Å². The van der Waals surface area contributed by atoms with Crippen LogP contribution in [-0.4, -0.2) is 12.1 Å². The summed E-state index contributed by atoms with van der Waals surface area (Å²) in [6.07, 6.45) is 1.81. The van der Waals surface area contributed by atoms with Gasteiger partial charge in [-0.3, -0.25) is 4.98 Å². The molecule has 0 unspecified atom stereocenters. The zero-order valence-electron chi connectivity index (χ0n) is 12.2. The summed E-state index contributed by atoms with van der Waals surface area (Å²) in [5.74, 6) is 0.865. The third-order valence-corrected chi connectivity index (χ3v) is 3.49. The van der Waals surface area contributed by atoms with E-state index in [2.05, 4.69) is 42.2 Å². The van der Waals surface area contributed by atoms with Crippen molar-refractivity contribution < 1.29 is 4.74 Å². The third-order valence-electron chi connectivity index (χ3n) is 3.49. The number of methoxy groups -OCH3 is 1. The lowest BCUT2D eigenvalue weighted by Crippen LogP contribution is -1.93. The fourth-order valence-corrected chi connectivity index (χ4v) is 2.54. The van der Waals surface area contributed by atoms with Gasteiger partial charge in [-0.15, -0.1) is 0 Å². The molecular formula is C19H17NO. The van der Waals surface area contributed by atoms with Gasteiger partial charge in [-0.05, 0) is 30.7 Å². The van der Waals surface area contributed by atoms with E-state index in [0.717, 1.165) is 28.1 Å². The fourth-order valence-electron chi connectivity index (χ4n) is 2.54. The average molecular weight is 275 g/mol. The largest absolute Gasteiger partial charge is 0.496 e.